The van der Waals surface area contributed by atoms with Crippen LogP contribution < -0.4 is 0 Å². The maximum Gasteiger partial charge on any atom is 0.340 e. The molecule has 0 spiro atoms. The summed E-state index contributed by atoms with van der Waals surface area (Å²) in [4.78, 5) is 0. The molecule has 0 saturated carbocycles. The standard InChI is InChI=1S/C11H26O2Si/c1-6-9-10-14(12-5,13-8-3)11(4)7-2/h11H,6-10H2,1-5H3. The van der Waals surface area contributed by atoms with E-state index in [0.29, 0.717) is 5.54 Å². The van der Waals surface area contributed by atoms with Crippen molar-refractivity contribution in [1.82, 2.24) is 0 Å². The predicted molar refractivity (Wildman–Crippen MR) is 63.8 cm³/mol. The first-order valence-corrected chi connectivity index (χ1v) is 7.96. The van der Waals surface area contributed by atoms with Crippen LogP contribution in [0, 0.1) is 0 Å². The molecule has 0 rings (SSSR count). The molecule has 14 heavy (non-hydrogen) atoms. The van der Waals surface area contributed by atoms with Crippen LogP contribution >= 0.6 is 0 Å². The maximum atomic E-state index is 5.95. The Morgan fingerprint density at radius 2 is 1.86 bits per heavy atom. The van der Waals surface area contributed by atoms with Crippen LogP contribution in [0.2, 0.25) is 11.6 Å². The third-order valence-electron chi connectivity index (χ3n) is 2.98. The lowest BCUT2D eigenvalue weighted by atomic mass is 10.4. The van der Waals surface area contributed by atoms with Crippen molar-refractivity contribution < 1.29 is 8.85 Å². The first-order chi connectivity index (χ1) is 6.66. The second kappa shape index (κ2) is 7.43. The smallest absolute Gasteiger partial charge is 0.340 e. The molecule has 0 heterocycles. The molecule has 0 bridgehead atoms. The Bertz CT molecular complexity index is 141. The summed E-state index contributed by atoms with van der Waals surface area (Å²) in [6.45, 7) is 9.55. The van der Waals surface area contributed by atoms with Gasteiger partial charge in [0.05, 0.1) is 0 Å². The van der Waals surface area contributed by atoms with E-state index in [1.54, 1.807) is 0 Å². The van der Waals surface area contributed by atoms with Crippen LogP contribution in [0.15, 0.2) is 0 Å². The van der Waals surface area contributed by atoms with E-state index in [0.717, 1.165) is 19.1 Å². The van der Waals surface area contributed by atoms with Crippen molar-refractivity contribution in [3.8, 4) is 0 Å². The van der Waals surface area contributed by atoms with E-state index in [9.17, 15) is 0 Å². The molecule has 2 unspecified atom stereocenters. The van der Waals surface area contributed by atoms with Crippen molar-refractivity contribution in [1.29, 1.82) is 0 Å². The molecule has 0 saturated heterocycles. The van der Waals surface area contributed by atoms with E-state index in [-0.39, 0.29) is 0 Å². The Morgan fingerprint density at radius 1 is 1.21 bits per heavy atom. The molecular weight excluding hydrogens is 192 g/mol. The van der Waals surface area contributed by atoms with Gasteiger partial charge in [-0.3, -0.25) is 0 Å². The summed E-state index contributed by atoms with van der Waals surface area (Å²) < 4.78 is 11.7. The maximum absolute atomic E-state index is 5.95. The normalized spacial score (nSPS) is 17.8. The Balaban J connectivity index is 4.41. The Labute approximate surface area is 90.2 Å². The van der Waals surface area contributed by atoms with E-state index >= 15 is 0 Å². The van der Waals surface area contributed by atoms with Crippen LogP contribution in [0.25, 0.3) is 0 Å². The van der Waals surface area contributed by atoms with E-state index < -0.39 is 8.56 Å². The highest BCUT2D eigenvalue weighted by Gasteiger charge is 2.40. The average Bonchev–Trinajstić information content (AvgIpc) is 2.23. The molecule has 0 amide bonds. The monoisotopic (exact) mass is 218 g/mol. The summed E-state index contributed by atoms with van der Waals surface area (Å²) in [5.74, 6) is 0. The Hall–Kier alpha value is 0.137. The lowest BCUT2D eigenvalue weighted by molar-refractivity contribution is 0.196. The fourth-order valence-corrected chi connectivity index (χ4v) is 5.40. The summed E-state index contributed by atoms with van der Waals surface area (Å²) in [5.41, 5.74) is 0.596. The molecule has 0 aliphatic rings. The molecule has 2 atom stereocenters. The van der Waals surface area contributed by atoms with E-state index in [1.165, 1.54) is 12.8 Å². The molecule has 0 aromatic carbocycles. The minimum atomic E-state index is -1.89. The lowest BCUT2D eigenvalue weighted by Gasteiger charge is -2.33. The molecule has 0 aromatic heterocycles. The number of rotatable bonds is 8. The van der Waals surface area contributed by atoms with Crippen molar-refractivity contribution in [2.45, 2.75) is 58.5 Å². The first-order valence-electron chi connectivity index (χ1n) is 5.85. The van der Waals surface area contributed by atoms with Gasteiger partial charge >= 0.3 is 8.56 Å². The highest BCUT2D eigenvalue weighted by atomic mass is 28.4. The van der Waals surface area contributed by atoms with Gasteiger partial charge in [-0.1, -0.05) is 40.0 Å². The zero-order valence-corrected chi connectivity index (χ0v) is 11.4. The topological polar surface area (TPSA) is 18.5 Å². The van der Waals surface area contributed by atoms with Gasteiger partial charge in [0.15, 0.2) is 0 Å². The summed E-state index contributed by atoms with van der Waals surface area (Å²) in [5, 5.41) is 0. The van der Waals surface area contributed by atoms with Crippen LogP contribution in [-0.2, 0) is 8.85 Å². The fraction of sp³-hybridized carbons (Fsp3) is 1.00. The number of hydrogen-bond donors (Lipinski definition) is 0. The molecular formula is C11H26O2Si. The van der Waals surface area contributed by atoms with Crippen LogP contribution in [0.3, 0.4) is 0 Å². The van der Waals surface area contributed by atoms with Crippen LogP contribution in [0.1, 0.15) is 47.0 Å². The molecule has 86 valence electrons. The largest absolute Gasteiger partial charge is 0.397 e. The lowest BCUT2D eigenvalue weighted by Crippen LogP contribution is -2.45. The SMILES string of the molecule is CCCC[Si](OC)(OCC)C(C)CC. The van der Waals surface area contributed by atoms with Crippen LogP contribution in [0.4, 0.5) is 0 Å². The summed E-state index contributed by atoms with van der Waals surface area (Å²) in [7, 11) is -0.0707. The van der Waals surface area contributed by atoms with Crippen molar-refractivity contribution in [3.05, 3.63) is 0 Å². The summed E-state index contributed by atoms with van der Waals surface area (Å²) in [6.07, 6.45) is 3.61. The average molecular weight is 218 g/mol. The molecule has 0 N–H and O–H groups in total. The minimum Gasteiger partial charge on any atom is -0.397 e. The minimum absolute atomic E-state index is 0.596. The second-order valence-corrected chi connectivity index (χ2v) is 7.67. The van der Waals surface area contributed by atoms with E-state index in [2.05, 4.69) is 27.7 Å². The van der Waals surface area contributed by atoms with E-state index in [4.69, 9.17) is 8.85 Å². The van der Waals surface area contributed by atoms with Gasteiger partial charge in [-0.05, 0) is 18.5 Å². The Kier molecular flexibility index (Phi) is 7.50. The number of hydrogen-bond acceptors (Lipinski definition) is 2. The second-order valence-electron chi connectivity index (χ2n) is 3.86. The summed E-state index contributed by atoms with van der Waals surface area (Å²) in [6, 6.07) is 1.14. The van der Waals surface area contributed by atoms with Gasteiger partial charge in [-0.15, -0.1) is 0 Å². The quantitative estimate of drug-likeness (QED) is 0.578. The van der Waals surface area contributed by atoms with Crippen LogP contribution in [0.5, 0.6) is 0 Å². The van der Waals surface area contributed by atoms with Gasteiger partial charge in [0.2, 0.25) is 0 Å². The van der Waals surface area contributed by atoms with E-state index in [1.807, 2.05) is 7.11 Å². The third kappa shape index (κ3) is 3.71. The van der Waals surface area contributed by atoms with Crippen LogP contribution in [-0.4, -0.2) is 22.3 Å². The van der Waals surface area contributed by atoms with Gasteiger partial charge in [0.1, 0.15) is 0 Å². The predicted octanol–water partition coefficient (Wildman–Crippen LogP) is 3.71. The first kappa shape index (κ1) is 14.1. The molecule has 0 aromatic rings. The molecule has 0 aliphatic carbocycles. The van der Waals surface area contributed by atoms with Crippen molar-refractivity contribution >= 4 is 8.56 Å². The zero-order valence-electron chi connectivity index (χ0n) is 10.4. The molecule has 3 heteroatoms. The van der Waals surface area contributed by atoms with Crippen molar-refractivity contribution in [3.63, 3.8) is 0 Å². The van der Waals surface area contributed by atoms with Gasteiger partial charge < -0.3 is 8.85 Å². The molecule has 0 radical (unpaired) electrons. The molecule has 2 nitrogen and oxygen atoms in total. The van der Waals surface area contributed by atoms with Crippen molar-refractivity contribution in [2.75, 3.05) is 13.7 Å². The Morgan fingerprint density at radius 3 is 2.21 bits per heavy atom. The number of unbranched alkanes of at least 4 members (excludes halogenated alkanes) is 1. The highest BCUT2D eigenvalue weighted by molar-refractivity contribution is 6.68. The fourth-order valence-electron chi connectivity index (χ4n) is 1.80. The van der Waals surface area contributed by atoms with Gasteiger partial charge in [0.25, 0.3) is 0 Å². The molecule has 0 aliphatic heterocycles. The molecule has 0 fully saturated rings. The van der Waals surface area contributed by atoms with Crippen molar-refractivity contribution in [2.24, 2.45) is 0 Å². The van der Waals surface area contributed by atoms with Gasteiger partial charge in [0, 0.05) is 13.7 Å². The third-order valence-corrected chi connectivity index (χ3v) is 7.40. The van der Waals surface area contributed by atoms with Gasteiger partial charge in [-0.25, -0.2) is 0 Å². The summed E-state index contributed by atoms with van der Waals surface area (Å²) >= 11 is 0. The zero-order chi connectivity index (χ0) is 11.0. The highest BCUT2D eigenvalue weighted by Crippen LogP contribution is 2.31. The van der Waals surface area contributed by atoms with Gasteiger partial charge in [-0.2, -0.15) is 0 Å².